The molecular formula is C43H51NO7SSi. The fourth-order valence-corrected chi connectivity index (χ4v) is 13.7. The van der Waals surface area contributed by atoms with Crippen molar-refractivity contribution in [3.63, 3.8) is 0 Å². The van der Waals surface area contributed by atoms with E-state index in [1.807, 2.05) is 73.0 Å². The molecule has 0 radical (unpaired) electrons. The predicted octanol–water partition coefficient (Wildman–Crippen LogP) is 6.45. The lowest BCUT2D eigenvalue weighted by Crippen LogP contribution is -2.66. The van der Waals surface area contributed by atoms with Crippen molar-refractivity contribution in [2.24, 2.45) is 17.8 Å². The molecule has 2 aromatic heterocycles. The molecular weight excluding hydrogens is 703 g/mol. The molecule has 0 bridgehead atoms. The highest BCUT2D eigenvalue weighted by Gasteiger charge is 2.56. The fraction of sp³-hybridized carbons (Fsp3) is 0.395. The third-order valence-electron chi connectivity index (χ3n) is 11.0. The van der Waals surface area contributed by atoms with Gasteiger partial charge in [0.15, 0.2) is 0 Å². The monoisotopic (exact) mass is 753 g/mol. The van der Waals surface area contributed by atoms with Gasteiger partial charge >= 0.3 is 0 Å². The second kappa shape index (κ2) is 16.6. The van der Waals surface area contributed by atoms with Crippen molar-refractivity contribution in [1.82, 2.24) is 4.90 Å². The molecule has 1 fully saturated rings. The zero-order chi connectivity index (χ0) is 37.8. The van der Waals surface area contributed by atoms with E-state index < -0.39 is 32.2 Å². The number of amides is 2. The molecule has 53 heavy (non-hydrogen) atoms. The zero-order valence-corrected chi connectivity index (χ0v) is 32.9. The molecule has 280 valence electrons. The van der Waals surface area contributed by atoms with Gasteiger partial charge in [0.2, 0.25) is 11.8 Å². The van der Waals surface area contributed by atoms with Gasteiger partial charge in [-0.15, -0.1) is 11.3 Å². The molecule has 10 heteroatoms. The van der Waals surface area contributed by atoms with Gasteiger partial charge in [-0.3, -0.25) is 14.5 Å². The molecule has 0 spiro atoms. The van der Waals surface area contributed by atoms with E-state index in [1.54, 1.807) is 6.07 Å². The third-order valence-corrected chi connectivity index (χ3v) is 16.8. The topological polar surface area (TPSA) is 120 Å². The highest BCUT2D eigenvalue weighted by atomic mass is 32.1. The number of carbonyl (C=O) groups is 2. The Morgan fingerprint density at radius 3 is 2.21 bits per heavy atom. The number of furan rings is 1. The van der Waals surface area contributed by atoms with Gasteiger partial charge in [0.25, 0.3) is 8.32 Å². The Kier molecular flexibility index (Phi) is 12.2. The van der Waals surface area contributed by atoms with Gasteiger partial charge in [0.05, 0.1) is 37.7 Å². The lowest BCUT2D eigenvalue weighted by Gasteiger charge is -2.44. The van der Waals surface area contributed by atoms with E-state index in [9.17, 15) is 24.9 Å². The summed E-state index contributed by atoms with van der Waals surface area (Å²) >= 11 is 1.50. The number of likely N-dealkylation sites (tertiary alicyclic amines) is 1. The third kappa shape index (κ3) is 7.85. The molecule has 3 N–H and O–H groups in total. The number of nitrogens with zero attached hydrogens (tertiary/aromatic N) is 1. The zero-order valence-electron chi connectivity index (χ0n) is 31.0. The van der Waals surface area contributed by atoms with Crippen molar-refractivity contribution in [2.75, 3.05) is 13.2 Å². The van der Waals surface area contributed by atoms with E-state index in [0.717, 1.165) is 32.8 Å². The maximum Gasteiger partial charge on any atom is 0.261 e. The molecule has 2 aromatic carbocycles. The summed E-state index contributed by atoms with van der Waals surface area (Å²) in [4.78, 5) is 30.5. The van der Waals surface area contributed by atoms with Gasteiger partial charge in [-0.05, 0) is 81.9 Å². The Hall–Kier alpha value is -3.90. The van der Waals surface area contributed by atoms with Gasteiger partial charge in [0, 0.05) is 10.8 Å². The average Bonchev–Trinajstić information content (AvgIpc) is 3.91. The van der Waals surface area contributed by atoms with Gasteiger partial charge in [-0.2, -0.15) is 0 Å². The van der Waals surface area contributed by atoms with Gasteiger partial charge in [0.1, 0.15) is 18.1 Å². The van der Waals surface area contributed by atoms with E-state index in [-0.39, 0.29) is 49.6 Å². The maximum absolute atomic E-state index is 14.1. The molecule has 6 rings (SSSR count). The number of aliphatic hydroxyl groups excluding tert-OH is 3. The maximum atomic E-state index is 14.1. The Bertz CT molecular complexity index is 1870. The summed E-state index contributed by atoms with van der Waals surface area (Å²) in [7, 11) is -3.01. The molecule has 4 atom stereocenters. The Morgan fingerprint density at radius 2 is 1.66 bits per heavy atom. The minimum atomic E-state index is -3.01. The number of rotatable bonds is 15. The molecule has 3 heterocycles. The smallest absolute Gasteiger partial charge is 0.261 e. The second-order valence-corrected chi connectivity index (χ2v) is 20.5. The van der Waals surface area contributed by atoms with E-state index in [1.165, 1.54) is 16.2 Å². The van der Waals surface area contributed by atoms with Crippen LogP contribution in [-0.2, 0) is 27.2 Å². The van der Waals surface area contributed by atoms with Crippen LogP contribution < -0.4 is 10.4 Å². The van der Waals surface area contributed by atoms with Crippen molar-refractivity contribution in [3.8, 4) is 0 Å². The van der Waals surface area contributed by atoms with E-state index in [4.69, 9.17) is 8.84 Å². The van der Waals surface area contributed by atoms with Crippen LogP contribution in [0, 0.1) is 17.8 Å². The first-order valence-electron chi connectivity index (χ1n) is 18.5. The SMILES string of the molecule is CC/C(=C\c1ccc(CO)o1)CC[C@@H](O)C1=C(CO[Si](c2ccccc2)(c2ccccc2)C(C)(C)C)C[C@H]2C(=O)N(Cc3cccs3)C(=O)[C@H]2[C@H]1CO. The first kappa shape index (κ1) is 38.8. The molecule has 1 aliphatic carbocycles. The Labute approximate surface area is 317 Å². The van der Waals surface area contributed by atoms with E-state index >= 15 is 0 Å². The van der Waals surface area contributed by atoms with Crippen LogP contribution >= 0.6 is 11.3 Å². The van der Waals surface area contributed by atoms with Gasteiger partial charge < -0.3 is 24.2 Å². The molecule has 2 amide bonds. The number of carbonyl (C=O) groups excluding carboxylic acids is 2. The molecule has 2 aliphatic rings. The quantitative estimate of drug-likeness (QED) is 0.0725. The van der Waals surface area contributed by atoms with Crippen LogP contribution in [0.5, 0.6) is 0 Å². The highest BCUT2D eigenvalue weighted by Crippen LogP contribution is 2.47. The Morgan fingerprint density at radius 1 is 0.981 bits per heavy atom. The van der Waals surface area contributed by atoms with Crippen molar-refractivity contribution in [2.45, 2.75) is 77.7 Å². The minimum Gasteiger partial charge on any atom is -0.459 e. The summed E-state index contributed by atoms with van der Waals surface area (Å²) in [5.41, 5.74) is 2.45. The molecule has 8 nitrogen and oxygen atoms in total. The minimum absolute atomic E-state index is 0.151. The number of hydrogen-bond acceptors (Lipinski definition) is 8. The number of fused-ring (bicyclic) bond motifs is 1. The van der Waals surface area contributed by atoms with Crippen LogP contribution in [0.25, 0.3) is 6.08 Å². The Balaban J connectivity index is 1.40. The van der Waals surface area contributed by atoms with Gasteiger partial charge in [-0.25, -0.2) is 0 Å². The van der Waals surface area contributed by atoms with Crippen LogP contribution in [0.15, 0.2) is 111 Å². The van der Waals surface area contributed by atoms with Crippen LogP contribution in [0.2, 0.25) is 5.04 Å². The predicted molar refractivity (Wildman–Crippen MR) is 211 cm³/mol. The normalized spacial score (nSPS) is 20.3. The highest BCUT2D eigenvalue weighted by molar-refractivity contribution is 7.09. The second-order valence-electron chi connectivity index (χ2n) is 15.2. The molecule has 0 unspecified atom stereocenters. The fourth-order valence-electron chi connectivity index (χ4n) is 8.42. The number of aliphatic hydroxyl groups is 3. The van der Waals surface area contributed by atoms with E-state index in [2.05, 4.69) is 45.0 Å². The van der Waals surface area contributed by atoms with Crippen molar-refractivity contribution >= 4 is 47.9 Å². The number of thiophene rings is 1. The summed E-state index contributed by atoms with van der Waals surface area (Å²) in [6, 6.07) is 28.0. The molecule has 4 aromatic rings. The summed E-state index contributed by atoms with van der Waals surface area (Å²) in [6.45, 7) is 8.45. The van der Waals surface area contributed by atoms with Crippen molar-refractivity contribution < 1.29 is 33.8 Å². The summed E-state index contributed by atoms with van der Waals surface area (Å²) < 4.78 is 13.1. The summed E-state index contributed by atoms with van der Waals surface area (Å²) in [5.74, 6) is -1.58. The van der Waals surface area contributed by atoms with Crippen LogP contribution in [0.3, 0.4) is 0 Å². The standard InChI is InChI=1S/C43H51NO7SSi/c1-5-29(23-31-19-20-32(26-45)51-31)18-21-38(47)39-30(24-36-40(37(39)27-46)42(49)44(41(36)48)25-33-13-12-22-52-33)28-50-53(43(2,3)4,34-14-8-6-9-15-34)35-16-10-7-11-17-35/h6-17,19-20,22-23,36-38,40,45-47H,5,18,21,24-28H2,1-4H3/b29-23+/t36-,37+,38-,40-/m1/s1. The summed E-state index contributed by atoms with van der Waals surface area (Å²) in [6.07, 6.45) is 2.84. The van der Waals surface area contributed by atoms with Crippen molar-refractivity contribution in [3.05, 3.63) is 123 Å². The molecule has 1 aliphatic heterocycles. The average molecular weight is 754 g/mol. The van der Waals surface area contributed by atoms with Gasteiger partial charge in [-0.1, -0.05) is 100.0 Å². The van der Waals surface area contributed by atoms with Crippen molar-refractivity contribution in [1.29, 1.82) is 0 Å². The van der Waals surface area contributed by atoms with Crippen LogP contribution in [0.4, 0.5) is 0 Å². The lowest BCUT2D eigenvalue weighted by atomic mass is 9.68. The number of hydrogen-bond donors (Lipinski definition) is 3. The number of benzene rings is 2. The van der Waals surface area contributed by atoms with Crippen LogP contribution in [0.1, 0.15) is 69.8 Å². The first-order chi connectivity index (χ1) is 25.5. The summed E-state index contributed by atoms with van der Waals surface area (Å²) in [5, 5.41) is 36.5. The van der Waals surface area contributed by atoms with Crippen LogP contribution in [-0.4, -0.2) is 59.7 Å². The lowest BCUT2D eigenvalue weighted by molar-refractivity contribution is -0.140. The van der Waals surface area contributed by atoms with E-state index in [0.29, 0.717) is 29.9 Å². The number of allylic oxidation sites excluding steroid dienone is 1. The number of imide groups is 1. The first-order valence-corrected chi connectivity index (χ1v) is 21.3. The molecule has 1 saturated heterocycles. The largest absolute Gasteiger partial charge is 0.459 e. The molecule has 0 saturated carbocycles.